The number of nitrogens with zero attached hydrogens (tertiary/aromatic N) is 1. The van der Waals surface area contributed by atoms with Gasteiger partial charge >= 0.3 is 5.97 Å². The minimum atomic E-state index is -2.93. The summed E-state index contributed by atoms with van der Waals surface area (Å²) >= 11 is 0. The monoisotopic (exact) mass is 233 g/mol. The molecule has 0 spiro atoms. The van der Waals surface area contributed by atoms with E-state index in [2.05, 4.69) is 9.72 Å². The van der Waals surface area contributed by atoms with Crippen molar-refractivity contribution in [3.63, 3.8) is 0 Å². The zero-order chi connectivity index (χ0) is 12.3. The number of aromatic nitrogens is 1. The highest BCUT2D eigenvalue weighted by Gasteiger charge is 2.20. The number of carbonyl (C=O) groups is 1. The molecule has 1 heterocycles. The number of methoxy groups -OCH3 is 1. The summed E-state index contributed by atoms with van der Waals surface area (Å²) < 4.78 is 29.6. The van der Waals surface area contributed by atoms with Gasteiger partial charge in [0, 0.05) is 6.07 Å². The SMILES string of the molecule is COc1cc(C(F)F)c(O)c(CC(=O)O)n1. The molecular formula is C9H9F2NO4. The van der Waals surface area contributed by atoms with Gasteiger partial charge in [-0.3, -0.25) is 4.79 Å². The molecule has 0 amide bonds. The van der Waals surface area contributed by atoms with Gasteiger partial charge in [0.05, 0.1) is 24.8 Å². The zero-order valence-electron chi connectivity index (χ0n) is 8.28. The lowest BCUT2D eigenvalue weighted by Crippen LogP contribution is -2.05. The number of hydrogen-bond acceptors (Lipinski definition) is 4. The molecule has 1 aromatic rings. The second kappa shape index (κ2) is 4.73. The fourth-order valence-electron chi connectivity index (χ4n) is 1.12. The molecule has 0 aromatic carbocycles. The number of aliphatic carboxylic acids is 1. The van der Waals surface area contributed by atoms with Crippen molar-refractivity contribution >= 4 is 5.97 Å². The maximum atomic E-state index is 12.5. The molecule has 0 fully saturated rings. The van der Waals surface area contributed by atoms with Crippen molar-refractivity contribution in [1.82, 2.24) is 4.98 Å². The maximum Gasteiger partial charge on any atom is 0.309 e. The Morgan fingerprint density at radius 1 is 1.62 bits per heavy atom. The number of rotatable bonds is 4. The summed E-state index contributed by atoms with van der Waals surface area (Å²) in [5.41, 5.74) is -1.04. The van der Waals surface area contributed by atoms with E-state index in [1.807, 2.05) is 0 Å². The van der Waals surface area contributed by atoms with Gasteiger partial charge < -0.3 is 14.9 Å². The van der Waals surface area contributed by atoms with E-state index in [0.717, 1.165) is 6.07 Å². The van der Waals surface area contributed by atoms with E-state index in [4.69, 9.17) is 5.11 Å². The molecule has 0 saturated heterocycles. The van der Waals surface area contributed by atoms with Gasteiger partial charge in [-0.05, 0) is 0 Å². The summed E-state index contributed by atoms with van der Waals surface area (Å²) in [4.78, 5) is 14.0. The Morgan fingerprint density at radius 3 is 2.69 bits per heavy atom. The van der Waals surface area contributed by atoms with Crippen molar-refractivity contribution in [1.29, 1.82) is 0 Å². The number of halogens is 2. The number of aromatic hydroxyl groups is 1. The zero-order valence-corrected chi connectivity index (χ0v) is 8.28. The summed E-state index contributed by atoms with van der Waals surface area (Å²) in [7, 11) is 1.21. The highest BCUT2D eigenvalue weighted by atomic mass is 19.3. The summed E-state index contributed by atoms with van der Waals surface area (Å²) in [5, 5.41) is 17.9. The fraction of sp³-hybridized carbons (Fsp3) is 0.333. The maximum absolute atomic E-state index is 12.5. The van der Waals surface area contributed by atoms with Crippen LogP contribution in [-0.4, -0.2) is 28.3 Å². The predicted molar refractivity (Wildman–Crippen MR) is 48.8 cm³/mol. The number of alkyl halides is 2. The van der Waals surface area contributed by atoms with Crippen molar-refractivity contribution < 1.29 is 28.5 Å². The van der Waals surface area contributed by atoms with Gasteiger partial charge in [0.25, 0.3) is 6.43 Å². The summed E-state index contributed by atoms with van der Waals surface area (Å²) in [5.74, 6) is -2.25. The van der Waals surface area contributed by atoms with Gasteiger partial charge in [-0.25, -0.2) is 13.8 Å². The molecular weight excluding hydrogens is 224 g/mol. The second-order valence-electron chi connectivity index (χ2n) is 2.92. The average molecular weight is 233 g/mol. The molecule has 5 nitrogen and oxygen atoms in total. The molecule has 0 bridgehead atoms. The molecule has 0 radical (unpaired) electrons. The van der Waals surface area contributed by atoms with Crippen molar-refractivity contribution in [2.45, 2.75) is 12.8 Å². The number of pyridine rings is 1. The van der Waals surface area contributed by atoms with Crippen LogP contribution in [0.2, 0.25) is 0 Å². The lowest BCUT2D eigenvalue weighted by Gasteiger charge is -2.09. The van der Waals surface area contributed by atoms with Gasteiger partial charge in [0.15, 0.2) is 0 Å². The van der Waals surface area contributed by atoms with Crippen LogP contribution in [0.4, 0.5) is 8.78 Å². The van der Waals surface area contributed by atoms with Crippen LogP contribution in [-0.2, 0) is 11.2 Å². The number of hydrogen-bond donors (Lipinski definition) is 2. The standard InChI is InChI=1S/C9H9F2NO4/c1-16-6-2-4(9(10)11)8(15)5(12-6)3-7(13)14/h2,9,15H,3H2,1H3,(H,13,14). The first-order chi connectivity index (χ1) is 7.45. The van der Waals surface area contributed by atoms with Gasteiger partial charge in [0.2, 0.25) is 5.88 Å². The second-order valence-corrected chi connectivity index (χ2v) is 2.92. The summed E-state index contributed by atoms with van der Waals surface area (Å²) in [6, 6.07) is 0.866. The Hall–Kier alpha value is -1.92. The van der Waals surface area contributed by atoms with Crippen LogP contribution in [0.1, 0.15) is 17.7 Å². The van der Waals surface area contributed by atoms with Crippen molar-refractivity contribution in [2.24, 2.45) is 0 Å². The number of ether oxygens (including phenoxy) is 1. The van der Waals surface area contributed by atoms with E-state index in [0.29, 0.717) is 0 Å². The van der Waals surface area contributed by atoms with Crippen molar-refractivity contribution in [3.8, 4) is 11.6 Å². The Labute approximate surface area is 89.3 Å². The first-order valence-electron chi connectivity index (χ1n) is 4.22. The lowest BCUT2D eigenvalue weighted by atomic mass is 10.1. The Balaban J connectivity index is 3.25. The quantitative estimate of drug-likeness (QED) is 0.820. The third-order valence-electron chi connectivity index (χ3n) is 1.83. The summed E-state index contributed by atoms with van der Waals surface area (Å²) in [6.07, 6.45) is -3.58. The predicted octanol–water partition coefficient (Wildman–Crippen LogP) is 1.36. The molecule has 0 atom stereocenters. The molecule has 0 aliphatic heterocycles. The lowest BCUT2D eigenvalue weighted by molar-refractivity contribution is -0.136. The number of carboxylic acids is 1. The van der Waals surface area contributed by atoms with Crippen LogP contribution < -0.4 is 4.74 Å². The van der Waals surface area contributed by atoms with E-state index < -0.39 is 30.1 Å². The van der Waals surface area contributed by atoms with E-state index in [1.165, 1.54) is 7.11 Å². The smallest absolute Gasteiger partial charge is 0.309 e. The normalized spacial score (nSPS) is 10.5. The Kier molecular flexibility index (Phi) is 3.60. The molecule has 0 saturated carbocycles. The Bertz CT molecular complexity index is 409. The van der Waals surface area contributed by atoms with Crippen LogP contribution in [0.25, 0.3) is 0 Å². The van der Waals surface area contributed by atoms with Crippen LogP contribution >= 0.6 is 0 Å². The molecule has 0 aliphatic carbocycles. The minimum absolute atomic E-state index is 0.163. The third kappa shape index (κ3) is 2.56. The summed E-state index contributed by atoms with van der Waals surface area (Å²) in [6.45, 7) is 0. The van der Waals surface area contributed by atoms with Gasteiger partial charge in [0.1, 0.15) is 5.75 Å². The molecule has 88 valence electrons. The van der Waals surface area contributed by atoms with E-state index in [-0.39, 0.29) is 11.6 Å². The fourth-order valence-corrected chi connectivity index (χ4v) is 1.12. The molecule has 0 unspecified atom stereocenters. The average Bonchev–Trinajstić information content (AvgIpc) is 2.19. The van der Waals surface area contributed by atoms with E-state index in [1.54, 1.807) is 0 Å². The van der Waals surface area contributed by atoms with E-state index >= 15 is 0 Å². The van der Waals surface area contributed by atoms with Crippen LogP contribution in [0.3, 0.4) is 0 Å². The van der Waals surface area contributed by atoms with Gasteiger partial charge in [-0.1, -0.05) is 0 Å². The molecule has 1 aromatic heterocycles. The largest absolute Gasteiger partial charge is 0.506 e. The molecule has 1 rings (SSSR count). The van der Waals surface area contributed by atoms with Crippen molar-refractivity contribution in [3.05, 3.63) is 17.3 Å². The van der Waals surface area contributed by atoms with Crippen LogP contribution in [0.5, 0.6) is 11.6 Å². The van der Waals surface area contributed by atoms with Crippen LogP contribution in [0.15, 0.2) is 6.07 Å². The molecule has 16 heavy (non-hydrogen) atoms. The van der Waals surface area contributed by atoms with Crippen molar-refractivity contribution in [2.75, 3.05) is 7.11 Å². The van der Waals surface area contributed by atoms with Gasteiger partial charge in [-0.15, -0.1) is 0 Å². The number of carboxylic acid groups (broad SMARTS) is 1. The molecule has 7 heteroatoms. The van der Waals surface area contributed by atoms with Gasteiger partial charge in [-0.2, -0.15) is 0 Å². The Morgan fingerprint density at radius 2 is 2.25 bits per heavy atom. The third-order valence-corrected chi connectivity index (χ3v) is 1.83. The minimum Gasteiger partial charge on any atom is -0.506 e. The highest BCUT2D eigenvalue weighted by Crippen LogP contribution is 2.33. The first kappa shape index (κ1) is 12.2. The first-order valence-corrected chi connectivity index (χ1v) is 4.22. The van der Waals surface area contributed by atoms with Crippen LogP contribution in [0, 0.1) is 0 Å². The molecule has 0 aliphatic rings. The molecule has 2 N–H and O–H groups in total. The topological polar surface area (TPSA) is 79.7 Å². The highest BCUT2D eigenvalue weighted by molar-refractivity contribution is 5.71. The van der Waals surface area contributed by atoms with E-state index in [9.17, 15) is 18.7 Å².